The lowest BCUT2D eigenvalue weighted by atomic mass is 10.2. The molecule has 1 atom stereocenters. The number of piperazine rings is 1. The van der Waals surface area contributed by atoms with E-state index in [4.69, 9.17) is 11.6 Å². The van der Waals surface area contributed by atoms with Crippen LogP contribution in [0.25, 0.3) is 0 Å². The highest BCUT2D eigenvalue weighted by atomic mass is 35.5. The van der Waals surface area contributed by atoms with Crippen molar-refractivity contribution < 1.29 is 0 Å². The average molecular weight is 218 g/mol. The standard InChI is InChI=1S/C8H12ClN3S/c1-6-4-12(3-2-10-6)8-11-7(9)5-13-8/h5-6,10H,2-4H2,1H3/t6-/m1/s1. The van der Waals surface area contributed by atoms with Crippen molar-refractivity contribution in [2.45, 2.75) is 13.0 Å². The maximum absolute atomic E-state index is 5.77. The van der Waals surface area contributed by atoms with Gasteiger partial charge in [0, 0.05) is 31.1 Å². The van der Waals surface area contributed by atoms with E-state index in [9.17, 15) is 0 Å². The molecule has 0 unspecified atom stereocenters. The van der Waals surface area contributed by atoms with Gasteiger partial charge < -0.3 is 10.2 Å². The van der Waals surface area contributed by atoms with E-state index in [0.29, 0.717) is 11.2 Å². The van der Waals surface area contributed by atoms with Crippen molar-refractivity contribution in [1.29, 1.82) is 0 Å². The first kappa shape index (κ1) is 9.24. The van der Waals surface area contributed by atoms with Gasteiger partial charge in [0.05, 0.1) is 0 Å². The molecule has 72 valence electrons. The molecule has 2 rings (SSSR count). The van der Waals surface area contributed by atoms with Crippen molar-refractivity contribution in [2.24, 2.45) is 0 Å². The fraction of sp³-hybridized carbons (Fsp3) is 0.625. The van der Waals surface area contributed by atoms with E-state index < -0.39 is 0 Å². The number of thiazole rings is 1. The van der Waals surface area contributed by atoms with Crippen LogP contribution in [0.5, 0.6) is 0 Å². The monoisotopic (exact) mass is 217 g/mol. The third-order valence-corrected chi connectivity index (χ3v) is 3.33. The zero-order chi connectivity index (χ0) is 9.26. The van der Waals surface area contributed by atoms with Gasteiger partial charge in [0.25, 0.3) is 0 Å². The number of anilines is 1. The molecule has 3 nitrogen and oxygen atoms in total. The lowest BCUT2D eigenvalue weighted by Crippen LogP contribution is -2.49. The van der Waals surface area contributed by atoms with Gasteiger partial charge in [0.2, 0.25) is 0 Å². The number of hydrogen-bond acceptors (Lipinski definition) is 4. The van der Waals surface area contributed by atoms with Crippen molar-refractivity contribution in [2.75, 3.05) is 24.5 Å². The molecule has 0 spiro atoms. The summed E-state index contributed by atoms with van der Waals surface area (Å²) in [6.45, 7) is 5.25. The van der Waals surface area contributed by atoms with Crippen LogP contribution in [0.2, 0.25) is 5.15 Å². The summed E-state index contributed by atoms with van der Waals surface area (Å²) in [7, 11) is 0. The number of nitrogens with one attached hydrogen (secondary N) is 1. The molecule has 0 aliphatic carbocycles. The van der Waals surface area contributed by atoms with Gasteiger partial charge >= 0.3 is 0 Å². The second kappa shape index (κ2) is 3.82. The van der Waals surface area contributed by atoms with Crippen molar-refractivity contribution in [1.82, 2.24) is 10.3 Å². The fourth-order valence-corrected chi connectivity index (χ4v) is 2.48. The highest BCUT2D eigenvalue weighted by Crippen LogP contribution is 2.23. The van der Waals surface area contributed by atoms with Crippen LogP contribution in [-0.4, -0.2) is 30.7 Å². The Morgan fingerprint density at radius 2 is 2.62 bits per heavy atom. The summed E-state index contributed by atoms with van der Waals surface area (Å²) >= 11 is 7.39. The molecule has 0 saturated carbocycles. The maximum Gasteiger partial charge on any atom is 0.186 e. The van der Waals surface area contributed by atoms with Gasteiger partial charge in [-0.05, 0) is 6.92 Å². The van der Waals surface area contributed by atoms with Gasteiger partial charge in [0.1, 0.15) is 5.15 Å². The largest absolute Gasteiger partial charge is 0.345 e. The van der Waals surface area contributed by atoms with Crippen molar-refractivity contribution in [3.05, 3.63) is 10.5 Å². The van der Waals surface area contributed by atoms with Gasteiger partial charge in [-0.15, -0.1) is 11.3 Å². The highest BCUT2D eigenvalue weighted by molar-refractivity contribution is 7.14. The first-order valence-electron chi connectivity index (χ1n) is 4.35. The molecule has 2 heterocycles. The molecule has 0 amide bonds. The maximum atomic E-state index is 5.77. The summed E-state index contributed by atoms with van der Waals surface area (Å²) in [5.74, 6) is 0. The molecule has 1 aromatic heterocycles. The highest BCUT2D eigenvalue weighted by Gasteiger charge is 2.17. The van der Waals surface area contributed by atoms with Gasteiger partial charge in [-0.25, -0.2) is 4.98 Å². The van der Waals surface area contributed by atoms with E-state index >= 15 is 0 Å². The molecule has 1 N–H and O–H groups in total. The summed E-state index contributed by atoms with van der Waals surface area (Å²) in [6, 6.07) is 0.538. The predicted octanol–water partition coefficient (Wildman–Crippen LogP) is 1.59. The van der Waals surface area contributed by atoms with E-state index in [1.54, 1.807) is 11.3 Å². The third kappa shape index (κ3) is 2.13. The van der Waals surface area contributed by atoms with Crippen LogP contribution in [0, 0.1) is 0 Å². The van der Waals surface area contributed by atoms with Crippen molar-refractivity contribution in [3.8, 4) is 0 Å². The minimum Gasteiger partial charge on any atom is -0.345 e. The second-order valence-corrected chi connectivity index (χ2v) is 4.48. The Morgan fingerprint density at radius 1 is 1.77 bits per heavy atom. The molecule has 5 heteroatoms. The Balaban J connectivity index is 2.08. The molecule has 0 radical (unpaired) electrons. The summed E-state index contributed by atoms with van der Waals surface area (Å²) in [4.78, 5) is 6.53. The molecule has 1 aliphatic rings. The van der Waals surface area contributed by atoms with Crippen LogP contribution in [0.3, 0.4) is 0 Å². The molecule has 0 aromatic carbocycles. The first-order chi connectivity index (χ1) is 6.25. The molecule has 13 heavy (non-hydrogen) atoms. The molecule has 1 saturated heterocycles. The van der Waals surface area contributed by atoms with Crippen LogP contribution in [0.1, 0.15) is 6.92 Å². The van der Waals surface area contributed by atoms with E-state index in [1.807, 2.05) is 5.38 Å². The van der Waals surface area contributed by atoms with Crippen molar-refractivity contribution in [3.63, 3.8) is 0 Å². The summed E-state index contributed by atoms with van der Waals surface area (Å²) < 4.78 is 0. The van der Waals surface area contributed by atoms with E-state index in [0.717, 1.165) is 24.8 Å². The van der Waals surface area contributed by atoms with Crippen LogP contribution >= 0.6 is 22.9 Å². The summed E-state index contributed by atoms with van der Waals surface area (Å²) in [5, 5.41) is 6.91. The Kier molecular flexibility index (Phi) is 2.71. The molecular weight excluding hydrogens is 206 g/mol. The average Bonchev–Trinajstić information content (AvgIpc) is 2.52. The van der Waals surface area contributed by atoms with Crippen LogP contribution < -0.4 is 10.2 Å². The summed E-state index contributed by atoms with van der Waals surface area (Å²) in [6.07, 6.45) is 0. The molecule has 0 bridgehead atoms. The smallest absolute Gasteiger partial charge is 0.186 e. The number of rotatable bonds is 1. The lowest BCUT2D eigenvalue weighted by Gasteiger charge is -2.31. The Hall–Kier alpha value is -0.320. The SMILES string of the molecule is C[C@@H]1CN(c2nc(Cl)cs2)CCN1. The zero-order valence-electron chi connectivity index (χ0n) is 7.46. The quantitative estimate of drug-likeness (QED) is 0.775. The zero-order valence-corrected chi connectivity index (χ0v) is 9.03. The Bertz CT molecular complexity index is 289. The minimum absolute atomic E-state index is 0.538. The second-order valence-electron chi connectivity index (χ2n) is 3.25. The van der Waals surface area contributed by atoms with Crippen molar-refractivity contribution >= 4 is 28.1 Å². The first-order valence-corrected chi connectivity index (χ1v) is 5.61. The van der Waals surface area contributed by atoms with Gasteiger partial charge in [-0.2, -0.15) is 0 Å². The van der Waals surface area contributed by atoms with Gasteiger partial charge in [-0.3, -0.25) is 0 Å². The molecular formula is C8H12ClN3S. The number of nitrogens with zero attached hydrogens (tertiary/aromatic N) is 2. The normalized spacial score (nSPS) is 23.5. The van der Waals surface area contributed by atoms with Crippen LogP contribution in [-0.2, 0) is 0 Å². The minimum atomic E-state index is 0.538. The van der Waals surface area contributed by atoms with E-state index in [2.05, 4.69) is 22.1 Å². The third-order valence-electron chi connectivity index (χ3n) is 2.10. The fourth-order valence-electron chi connectivity index (χ4n) is 1.50. The van der Waals surface area contributed by atoms with Gasteiger partial charge in [-0.1, -0.05) is 11.6 Å². The molecule has 1 aromatic rings. The number of hydrogen-bond donors (Lipinski definition) is 1. The topological polar surface area (TPSA) is 28.2 Å². The summed E-state index contributed by atoms with van der Waals surface area (Å²) in [5.41, 5.74) is 0. The number of halogens is 1. The number of aromatic nitrogens is 1. The Morgan fingerprint density at radius 3 is 3.23 bits per heavy atom. The molecule has 1 fully saturated rings. The lowest BCUT2D eigenvalue weighted by molar-refractivity contribution is 0.484. The van der Waals surface area contributed by atoms with E-state index in [-0.39, 0.29) is 0 Å². The predicted molar refractivity (Wildman–Crippen MR) is 56.8 cm³/mol. The van der Waals surface area contributed by atoms with Gasteiger partial charge in [0.15, 0.2) is 5.13 Å². The molecule has 1 aliphatic heterocycles. The Labute approximate surface area is 86.7 Å². The van der Waals surface area contributed by atoms with Crippen LogP contribution in [0.15, 0.2) is 5.38 Å². The van der Waals surface area contributed by atoms with Crippen LogP contribution in [0.4, 0.5) is 5.13 Å². The van der Waals surface area contributed by atoms with E-state index in [1.165, 1.54) is 0 Å².